The lowest BCUT2D eigenvalue weighted by Gasteiger charge is -2.12. The van der Waals surface area contributed by atoms with E-state index in [0.29, 0.717) is 17.1 Å². The first kappa shape index (κ1) is 21.1. The molecule has 1 fully saturated rings. The van der Waals surface area contributed by atoms with Crippen molar-refractivity contribution in [3.05, 3.63) is 48.5 Å². The smallest absolute Gasteiger partial charge is 0.324 e. The molecule has 11 heteroatoms. The highest BCUT2D eigenvalue weighted by Crippen LogP contribution is 2.20. The molecule has 158 valence electrons. The number of hydrogen-bond acceptors (Lipinski definition) is 6. The summed E-state index contributed by atoms with van der Waals surface area (Å²) >= 11 is 0. The summed E-state index contributed by atoms with van der Waals surface area (Å²) in [7, 11) is -2.28. The summed E-state index contributed by atoms with van der Waals surface area (Å²) < 4.78 is 32.4. The number of sulfonamides is 1. The van der Waals surface area contributed by atoms with Gasteiger partial charge in [0.15, 0.2) is 0 Å². The molecule has 0 aromatic heterocycles. The van der Waals surface area contributed by atoms with Gasteiger partial charge < -0.3 is 15.4 Å². The minimum atomic E-state index is -3.77. The Morgan fingerprint density at radius 2 is 1.70 bits per heavy atom. The second-order valence-corrected chi connectivity index (χ2v) is 8.04. The van der Waals surface area contributed by atoms with E-state index in [1.54, 1.807) is 12.1 Å². The number of hydrogen-bond donors (Lipinski definition) is 3. The minimum Gasteiger partial charge on any atom is -0.497 e. The highest BCUT2D eigenvalue weighted by atomic mass is 32.2. The van der Waals surface area contributed by atoms with Crippen molar-refractivity contribution < 1.29 is 27.5 Å². The van der Waals surface area contributed by atoms with E-state index in [4.69, 9.17) is 4.74 Å². The maximum Gasteiger partial charge on any atom is 0.324 e. The van der Waals surface area contributed by atoms with Crippen LogP contribution < -0.4 is 20.1 Å². The number of urea groups is 1. The molecule has 3 N–H and O–H groups in total. The first-order chi connectivity index (χ1) is 14.3. The number of nitrogens with one attached hydrogen (secondary N) is 3. The number of carbonyl (C=O) groups excluding carboxylic acids is 3. The van der Waals surface area contributed by atoms with Crippen LogP contribution in [0.3, 0.4) is 0 Å². The van der Waals surface area contributed by atoms with Gasteiger partial charge in [-0.05, 0) is 48.5 Å². The first-order valence-electron chi connectivity index (χ1n) is 8.93. The summed E-state index contributed by atoms with van der Waals surface area (Å²) in [6, 6.07) is 11.5. The van der Waals surface area contributed by atoms with Crippen molar-refractivity contribution in [2.24, 2.45) is 0 Å². The van der Waals surface area contributed by atoms with Crippen molar-refractivity contribution in [3.8, 4) is 5.75 Å². The van der Waals surface area contributed by atoms with E-state index in [1.807, 2.05) is 0 Å². The summed E-state index contributed by atoms with van der Waals surface area (Å²) in [5, 5.41) is 5.01. The number of anilines is 2. The molecule has 2 aromatic rings. The molecule has 1 aliphatic rings. The maximum absolute atomic E-state index is 12.4. The van der Waals surface area contributed by atoms with Gasteiger partial charge in [-0.1, -0.05) is 0 Å². The fourth-order valence-corrected chi connectivity index (χ4v) is 3.77. The molecule has 4 amide bonds. The number of methoxy groups -OCH3 is 1. The van der Waals surface area contributed by atoms with Gasteiger partial charge in [-0.2, -0.15) is 0 Å². The third kappa shape index (κ3) is 5.06. The molecule has 0 atom stereocenters. The standard InChI is InChI=1S/C19H20N4O6S/c1-29-15-6-8-16(9-7-15)30(27,28)22-14-4-2-13(3-5-14)21-17(24)10-11-23-18(25)12-20-19(23)26/h2-9,22H,10-12H2,1H3,(H,20,26)(H,21,24). The molecule has 1 heterocycles. The third-order valence-corrected chi connectivity index (χ3v) is 5.69. The SMILES string of the molecule is COc1ccc(S(=O)(=O)Nc2ccc(NC(=O)CCN3C(=O)CNC3=O)cc2)cc1. The number of nitrogens with zero attached hydrogens (tertiary/aromatic N) is 1. The van der Waals surface area contributed by atoms with Gasteiger partial charge in [-0.15, -0.1) is 0 Å². The van der Waals surface area contributed by atoms with Gasteiger partial charge in [0.2, 0.25) is 11.8 Å². The van der Waals surface area contributed by atoms with E-state index >= 15 is 0 Å². The molecular weight excluding hydrogens is 412 g/mol. The molecule has 1 saturated heterocycles. The molecule has 10 nitrogen and oxygen atoms in total. The molecule has 30 heavy (non-hydrogen) atoms. The van der Waals surface area contributed by atoms with Crippen molar-refractivity contribution >= 4 is 39.2 Å². The lowest BCUT2D eigenvalue weighted by molar-refractivity contribution is -0.125. The molecule has 2 aromatic carbocycles. The molecule has 0 radical (unpaired) electrons. The zero-order valence-corrected chi connectivity index (χ0v) is 16.9. The zero-order valence-electron chi connectivity index (χ0n) is 16.0. The molecule has 0 spiro atoms. The van der Waals surface area contributed by atoms with E-state index in [2.05, 4.69) is 15.4 Å². The highest BCUT2D eigenvalue weighted by Gasteiger charge is 2.28. The number of rotatable bonds is 8. The molecule has 1 aliphatic heterocycles. The minimum absolute atomic E-state index is 0.0176. The van der Waals surface area contributed by atoms with E-state index in [9.17, 15) is 22.8 Å². The summed E-state index contributed by atoms with van der Waals surface area (Å²) in [4.78, 5) is 36.0. The van der Waals surface area contributed by atoms with Crippen molar-refractivity contribution in [2.75, 3.05) is 30.2 Å². The lowest BCUT2D eigenvalue weighted by Crippen LogP contribution is -2.33. The van der Waals surface area contributed by atoms with E-state index in [-0.39, 0.29) is 36.2 Å². The average Bonchev–Trinajstić information content (AvgIpc) is 3.05. The Balaban J connectivity index is 1.55. The normalized spacial score (nSPS) is 13.7. The summed E-state index contributed by atoms with van der Waals surface area (Å²) in [5.74, 6) is -0.209. The largest absolute Gasteiger partial charge is 0.497 e. The van der Waals surface area contributed by atoms with Crippen LogP contribution in [-0.4, -0.2) is 51.4 Å². The molecule has 0 unspecified atom stereocenters. The first-order valence-corrected chi connectivity index (χ1v) is 10.4. The van der Waals surface area contributed by atoms with Crippen LogP contribution in [0.2, 0.25) is 0 Å². The quantitative estimate of drug-likeness (QED) is 0.540. The Kier molecular flexibility index (Phi) is 6.21. The number of imide groups is 1. The van der Waals surface area contributed by atoms with E-state index in [1.165, 1.54) is 43.5 Å². The van der Waals surface area contributed by atoms with Crippen molar-refractivity contribution in [2.45, 2.75) is 11.3 Å². The van der Waals surface area contributed by atoms with Crippen LogP contribution in [0.25, 0.3) is 0 Å². The number of benzene rings is 2. The topological polar surface area (TPSA) is 134 Å². The number of ether oxygens (including phenoxy) is 1. The Hall–Kier alpha value is -3.60. The summed E-state index contributed by atoms with van der Waals surface area (Å²) in [6.45, 7) is -0.0788. The molecule has 0 aliphatic carbocycles. The van der Waals surface area contributed by atoms with Gasteiger partial charge >= 0.3 is 6.03 Å². The van der Waals surface area contributed by atoms with Crippen LogP contribution in [0, 0.1) is 0 Å². The maximum atomic E-state index is 12.4. The van der Waals surface area contributed by atoms with Gasteiger partial charge in [0.1, 0.15) is 5.75 Å². The lowest BCUT2D eigenvalue weighted by atomic mass is 10.2. The molecule has 3 rings (SSSR count). The highest BCUT2D eigenvalue weighted by molar-refractivity contribution is 7.92. The fraction of sp³-hybridized carbons (Fsp3) is 0.211. The van der Waals surface area contributed by atoms with Gasteiger partial charge in [-0.3, -0.25) is 19.2 Å². The van der Waals surface area contributed by atoms with Crippen LogP contribution >= 0.6 is 0 Å². The zero-order chi connectivity index (χ0) is 21.7. The van der Waals surface area contributed by atoms with Gasteiger partial charge in [0.25, 0.3) is 10.0 Å². The monoisotopic (exact) mass is 432 g/mol. The van der Waals surface area contributed by atoms with Crippen LogP contribution in [0.15, 0.2) is 53.4 Å². The van der Waals surface area contributed by atoms with Crippen molar-refractivity contribution in [1.29, 1.82) is 0 Å². The van der Waals surface area contributed by atoms with Gasteiger partial charge in [0, 0.05) is 24.3 Å². The van der Waals surface area contributed by atoms with Gasteiger partial charge in [-0.25, -0.2) is 13.2 Å². The summed E-state index contributed by atoms with van der Waals surface area (Å²) in [5.41, 5.74) is 0.771. The third-order valence-electron chi connectivity index (χ3n) is 4.29. The van der Waals surface area contributed by atoms with Crippen LogP contribution in [0.5, 0.6) is 5.75 Å². The number of carbonyl (C=O) groups is 3. The van der Waals surface area contributed by atoms with Crippen molar-refractivity contribution in [1.82, 2.24) is 10.2 Å². The van der Waals surface area contributed by atoms with Crippen LogP contribution in [0.4, 0.5) is 16.2 Å². The van der Waals surface area contributed by atoms with Gasteiger partial charge in [0.05, 0.1) is 18.6 Å². The average molecular weight is 432 g/mol. The fourth-order valence-electron chi connectivity index (χ4n) is 2.71. The summed E-state index contributed by atoms with van der Waals surface area (Å²) in [6.07, 6.45) is -0.0506. The molecular formula is C19H20N4O6S. The van der Waals surface area contributed by atoms with E-state index < -0.39 is 16.1 Å². The van der Waals surface area contributed by atoms with Crippen LogP contribution in [-0.2, 0) is 19.6 Å². The number of amides is 4. The Labute approximate surface area is 173 Å². The second kappa shape index (κ2) is 8.82. The Morgan fingerprint density at radius 1 is 1.07 bits per heavy atom. The van der Waals surface area contributed by atoms with E-state index in [0.717, 1.165) is 4.90 Å². The Morgan fingerprint density at radius 3 is 2.27 bits per heavy atom. The Bertz CT molecular complexity index is 1040. The van der Waals surface area contributed by atoms with Crippen molar-refractivity contribution in [3.63, 3.8) is 0 Å². The second-order valence-electron chi connectivity index (χ2n) is 6.36. The predicted octanol–water partition coefficient (Wildman–Crippen LogP) is 1.38. The predicted molar refractivity (Wildman–Crippen MR) is 109 cm³/mol. The molecule has 0 bridgehead atoms. The molecule has 0 saturated carbocycles. The van der Waals surface area contributed by atoms with Crippen LogP contribution in [0.1, 0.15) is 6.42 Å².